The lowest BCUT2D eigenvalue weighted by atomic mass is 9.89. The van der Waals surface area contributed by atoms with Crippen LogP contribution in [0.4, 0.5) is 0 Å². The third-order valence-corrected chi connectivity index (χ3v) is 5.40. The van der Waals surface area contributed by atoms with E-state index in [1.165, 1.54) is 17.8 Å². The first-order valence-corrected chi connectivity index (χ1v) is 8.23. The monoisotopic (exact) mass is 329 g/mol. The van der Waals surface area contributed by atoms with Gasteiger partial charge in [0.15, 0.2) is 0 Å². The van der Waals surface area contributed by atoms with Crippen molar-refractivity contribution < 1.29 is 4.79 Å². The van der Waals surface area contributed by atoms with Gasteiger partial charge in [-0.3, -0.25) is 4.79 Å². The van der Waals surface area contributed by atoms with E-state index >= 15 is 0 Å². The van der Waals surface area contributed by atoms with Gasteiger partial charge in [-0.15, -0.1) is 11.3 Å². The normalized spacial score (nSPS) is 21.1. The van der Waals surface area contributed by atoms with E-state index in [9.17, 15) is 4.79 Å². The molecule has 2 nitrogen and oxygen atoms in total. The van der Waals surface area contributed by atoms with E-state index in [1.54, 1.807) is 0 Å². The van der Waals surface area contributed by atoms with Gasteiger partial charge >= 0.3 is 0 Å². The van der Waals surface area contributed by atoms with Crippen molar-refractivity contribution in [3.63, 3.8) is 0 Å². The van der Waals surface area contributed by atoms with Crippen molar-refractivity contribution in [2.75, 3.05) is 13.1 Å². The van der Waals surface area contributed by atoms with E-state index in [0.717, 1.165) is 46.4 Å². The van der Waals surface area contributed by atoms with E-state index in [1.807, 2.05) is 17.0 Å². The van der Waals surface area contributed by atoms with E-state index in [-0.39, 0.29) is 5.91 Å². The summed E-state index contributed by atoms with van der Waals surface area (Å²) >= 11 is 4.95. The molecule has 1 aliphatic heterocycles. The molecule has 1 amide bonds. The smallest absolute Gasteiger partial charge is 0.263 e. The van der Waals surface area contributed by atoms with Crippen molar-refractivity contribution in [3.05, 3.63) is 20.8 Å². The summed E-state index contributed by atoms with van der Waals surface area (Å²) in [6.07, 6.45) is 3.55. The van der Waals surface area contributed by atoms with Gasteiger partial charge in [0, 0.05) is 13.1 Å². The number of amides is 1. The van der Waals surface area contributed by atoms with Gasteiger partial charge in [0.25, 0.3) is 5.91 Å². The van der Waals surface area contributed by atoms with Crippen molar-refractivity contribution in [1.29, 1.82) is 0 Å². The first-order valence-electron chi connectivity index (χ1n) is 6.62. The van der Waals surface area contributed by atoms with Gasteiger partial charge in [-0.2, -0.15) is 0 Å². The number of likely N-dealkylation sites (tertiary alicyclic amines) is 1. The van der Waals surface area contributed by atoms with Crippen LogP contribution in [0.2, 0.25) is 0 Å². The van der Waals surface area contributed by atoms with Crippen LogP contribution in [0, 0.1) is 11.8 Å². The minimum atomic E-state index is 0.204. The summed E-state index contributed by atoms with van der Waals surface area (Å²) in [6, 6.07) is 3.87. The minimum absolute atomic E-state index is 0.204. The molecule has 1 atom stereocenters. The first kappa shape index (κ1) is 14.1. The molecule has 100 valence electrons. The maximum atomic E-state index is 12.4. The lowest BCUT2D eigenvalue weighted by Crippen LogP contribution is -2.31. The van der Waals surface area contributed by atoms with Crippen LogP contribution >= 0.6 is 27.3 Å². The Morgan fingerprint density at radius 3 is 2.78 bits per heavy atom. The molecule has 2 heterocycles. The van der Waals surface area contributed by atoms with Gasteiger partial charge in [-0.1, -0.05) is 13.8 Å². The molecule has 0 radical (unpaired) electrons. The number of halogens is 1. The molecule has 1 unspecified atom stereocenters. The summed E-state index contributed by atoms with van der Waals surface area (Å²) in [5.41, 5.74) is 0. The molecule has 18 heavy (non-hydrogen) atoms. The number of hydrogen-bond donors (Lipinski definition) is 0. The highest BCUT2D eigenvalue weighted by Gasteiger charge is 2.23. The zero-order chi connectivity index (χ0) is 13.1. The molecule has 0 spiro atoms. The topological polar surface area (TPSA) is 20.3 Å². The fraction of sp³-hybridized carbons (Fsp3) is 0.643. The van der Waals surface area contributed by atoms with E-state index < -0.39 is 0 Å². The predicted octanol–water partition coefficient (Wildman–Crippen LogP) is 4.41. The predicted molar refractivity (Wildman–Crippen MR) is 80.1 cm³/mol. The van der Waals surface area contributed by atoms with Crippen LogP contribution in [0.25, 0.3) is 0 Å². The highest BCUT2D eigenvalue weighted by atomic mass is 79.9. The molecule has 0 aromatic carbocycles. The largest absolute Gasteiger partial charge is 0.338 e. The molecular formula is C14H20BrNOS. The minimum Gasteiger partial charge on any atom is -0.338 e. The molecule has 1 fully saturated rings. The Labute approximate surface area is 122 Å². The Morgan fingerprint density at radius 1 is 1.39 bits per heavy atom. The number of nitrogens with zero attached hydrogens (tertiary/aromatic N) is 1. The summed E-state index contributed by atoms with van der Waals surface area (Å²) in [7, 11) is 0. The summed E-state index contributed by atoms with van der Waals surface area (Å²) < 4.78 is 1.03. The van der Waals surface area contributed by atoms with Crippen LogP contribution < -0.4 is 0 Å². The first-order chi connectivity index (χ1) is 8.58. The molecule has 2 rings (SSSR count). The zero-order valence-corrected chi connectivity index (χ0v) is 13.4. The Morgan fingerprint density at radius 2 is 2.17 bits per heavy atom. The van der Waals surface area contributed by atoms with Crippen LogP contribution in [0.1, 0.15) is 42.8 Å². The highest BCUT2D eigenvalue weighted by Crippen LogP contribution is 2.27. The van der Waals surface area contributed by atoms with Crippen molar-refractivity contribution in [2.45, 2.75) is 33.1 Å². The second-order valence-electron chi connectivity index (χ2n) is 5.33. The van der Waals surface area contributed by atoms with Crippen LogP contribution in [-0.2, 0) is 0 Å². The maximum absolute atomic E-state index is 12.4. The van der Waals surface area contributed by atoms with Crippen LogP contribution in [0.5, 0.6) is 0 Å². The van der Waals surface area contributed by atoms with Gasteiger partial charge in [-0.25, -0.2) is 0 Å². The van der Waals surface area contributed by atoms with Gasteiger partial charge in [0.05, 0.1) is 8.66 Å². The molecular weight excluding hydrogens is 310 g/mol. The summed E-state index contributed by atoms with van der Waals surface area (Å²) in [6.45, 7) is 6.41. The molecule has 1 aromatic heterocycles. The van der Waals surface area contributed by atoms with Gasteiger partial charge in [0.1, 0.15) is 0 Å². The third-order valence-electron chi connectivity index (χ3n) is 3.79. The molecule has 1 aromatic rings. The summed E-state index contributed by atoms with van der Waals surface area (Å²) in [4.78, 5) is 15.2. The zero-order valence-electron chi connectivity index (χ0n) is 11.0. The number of rotatable bonds is 2. The average Bonchev–Trinajstić information content (AvgIpc) is 2.63. The lowest BCUT2D eigenvalue weighted by molar-refractivity contribution is 0.0763. The molecule has 4 heteroatoms. The number of carbonyl (C=O) groups is 1. The standard InChI is InChI=1S/C14H20BrNOS/c1-10(2)11-4-3-8-16(9-7-11)14(17)12-5-6-13(15)18-12/h5-6,10-11H,3-4,7-9H2,1-2H3. The Balaban J connectivity index is 1.99. The van der Waals surface area contributed by atoms with Crippen LogP contribution in [-0.4, -0.2) is 23.9 Å². The van der Waals surface area contributed by atoms with Crippen LogP contribution in [0.15, 0.2) is 15.9 Å². The number of thiophene rings is 1. The number of carbonyl (C=O) groups excluding carboxylic acids is 1. The second kappa shape index (κ2) is 6.20. The van der Waals surface area contributed by atoms with Crippen molar-refractivity contribution in [1.82, 2.24) is 4.90 Å². The van der Waals surface area contributed by atoms with Crippen LogP contribution in [0.3, 0.4) is 0 Å². The SMILES string of the molecule is CC(C)C1CCCN(C(=O)c2ccc(Br)s2)CC1. The molecule has 1 aliphatic rings. The van der Waals surface area contributed by atoms with Crippen molar-refractivity contribution in [3.8, 4) is 0 Å². The number of hydrogen-bond acceptors (Lipinski definition) is 2. The average molecular weight is 330 g/mol. The molecule has 0 N–H and O–H groups in total. The molecule has 0 bridgehead atoms. The van der Waals surface area contributed by atoms with Gasteiger partial charge in [0.2, 0.25) is 0 Å². The van der Waals surface area contributed by atoms with Crippen molar-refractivity contribution >= 4 is 33.2 Å². The molecule has 0 aliphatic carbocycles. The summed E-state index contributed by atoms with van der Waals surface area (Å²) in [5.74, 6) is 1.71. The Bertz CT molecular complexity index is 416. The Kier molecular flexibility index (Phi) is 4.84. The highest BCUT2D eigenvalue weighted by molar-refractivity contribution is 9.11. The molecule has 0 saturated carbocycles. The Hall–Kier alpha value is -0.350. The lowest BCUT2D eigenvalue weighted by Gasteiger charge is -2.21. The fourth-order valence-electron chi connectivity index (χ4n) is 2.58. The maximum Gasteiger partial charge on any atom is 0.263 e. The van der Waals surface area contributed by atoms with E-state index in [2.05, 4.69) is 29.8 Å². The van der Waals surface area contributed by atoms with E-state index in [4.69, 9.17) is 0 Å². The van der Waals surface area contributed by atoms with Gasteiger partial charge in [-0.05, 0) is 59.2 Å². The van der Waals surface area contributed by atoms with E-state index in [0.29, 0.717) is 0 Å². The summed E-state index contributed by atoms with van der Waals surface area (Å²) in [5, 5.41) is 0. The van der Waals surface area contributed by atoms with Gasteiger partial charge < -0.3 is 4.90 Å². The third kappa shape index (κ3) is 3.35. The molecule has 1 saturated heterocycles. The fourth-order valence-corrected chi connectivity index (χ4v) is 3.93. The second-order valence-corrected chi connectivity index (χ2v) is 7.79. The van der Waals surface area contributed by atoms with Crippen molar-refractivity contribution in [2.24, 2.45) is 11.8 Å². The quantitative estimate of drug-likeness (QED) is 0.787.